The molecule has 1 aliphatic rings. The first-order valence-electron chi connectivity index (χ1n) is 13.0. The lowest BCUT2D eigenvalue weighted by molar-refractivity contribution is 0.0210. The van der Waals surface area contributed by atoms with E-state index in [-0.39, 0.29) is 18.0 Å². The average Bonchev–Trinajstić information content (AvgIpc) is 3.13. The smallest absolute Gasteiger partial charge is 0.410 e. The lowest BCUT2D eigenvalue weighted by atomic mass is 10.0. The summed E-state index contributed by atoms with van der Waals surface area (Å²) < 4.78 is 13.3. The van der Waals surface area contributed by atoms with Gasteiger partial charge in [0.05, 0.1) is 17.4 Å². The largest absolute Gasteiger partial charge is 0.444 e. The van der Waals surface area contributed by atoms with E-state index >= 15 is 0 Å². The second-order valence-electron chi connectivity index (χ2n) is 11.7. The SMILES string of the molecule is CCNC(=O)c1cn(COCC[Si](C)(C)C)c2ncc(NC3CCN(C(=O)OC(C)(C)C)CC3)cc12. The molecule has 36 heavy (non-hydrogen) atoms. The number of anilines is 1. The number of hydrogen-bond acceptors (Lipinski definition) is 6. The van der Waals surface area contributed by atoms with E-state index in [9.17, 15) is 9.59 Å². The minimum Gasteiger partial charge on any atom is -0.444 e. The molecule has 0 radical (unpaired) electrons. The van der Waals surface area contributed by atoms with Crippen molar-refractivity contribution in [1.29, 1.82) is 0 Å². The van der Waals surface area contributed by atoms with Crippen molar-refractivity contribution in [1.82, 2.24) is 19.8 Å². The van der Waals surface area contributed by atoms with Crippen LogP contribution in [0.4, 0.5) is 10.5 Å². The average molecular weight is 518 g/mol. The Hall–Kier alpha value is -2.59. The number of fused-ring (bicyclic) bond motifs is 1. The number of likely N-dealkylation sites (tertiary alicyclic amines) is 1. The zero-order valence-electron chi connectivity index (χ0n) is 22.9. The Morgan fingerprint density at radius 2 is 1.89 bits per heavy atom. The summed E-state index contributed by atoms with van der Waals surface area (Å²) in [4.78, 5) is 31.6. The van der Waals surface area contributed by atoms with Crippen LogP contribution in [0.15, 0.2) is 18.5 Å². The van der Waals surface area contributed by atoms with E-state index in [1.54, 1.807) is 4.90 Å². The van der Waals surface area contributed by atoms with Crippen molar-refractivity contribution < 1.29 is 19.1 Å². The standard InChI is InChI=1S/C26H43N5O4Si/c1-8-27-24(32)22-17-31(18-34-13-14-36(5,6)7)23-21(22)15-20(16-28-23)29-19-9-11-30(12-10-19)25(33)35-26(2,3)4/h15-17,19,29H,8-14,18H2,1-7H3,(H,27,32). The summed E-state index contributed by atoms with van der Waals surface area (Å²) in [5.74, 6) is -0.118. The van der Waals surface area contributed by atoms with Gasteiger partial charge in [-0.2, -0.15) is 0 Å². The summed E-state index contributed by atoms with van der Waals surface area (Å²) in [6, 6.07) is 3.29. The van der Waals surface area contributed by atoms with Crippen LogP contribution in [0, 0.1) is 0 Å². The highest BCUT2D eigenvalue weighted by Gasteiger charge is 2.27. The molecule has 10 heteroatoms. The minimum atomic E-state index is -1.17. The molecule has 0 spiro atoms. The van der Waals surface area contributed by atoms with Gasteiger partial charge < -0.3 is 29.6 Å². The number of carbonyl (C=O) groups excluding carboxylic acids is 2. The van der Waals surface area contributed by atoms with E-state index in [0.717, 1.165) is 35.6 Å². The van der Waals surface area contributed by atoms with Crippen molar-refractivity contribution in [3.05, 3.63) is 24.0 Å². The normalized spacial score (nSPS) is 15.2. The van der Waals surface area contributed by atoms with Crippen LogP contribution in [0.2, 0.25) is 25.7 Å². The highest BCUT2D eigenvalue weighted by atomic mass is 28.3. The van der Waals surface area contributed by atoms with Crippen LogP contribution in [0.5, 0.6) is 0 Å². The van der Waals surface area contributed by atoms with Gasteiger partial charge in [-0.05, 0) is 52.6 Å². The Morgan fingerprint density at radius 3 is 2.50 bits per heavy atom. The number of nitrogens with zero attached hydrogens (tertiary/aromatic N) is 3. The van der Waals surface area contributed by atoms with Gasteiger partial charge in [-0.15, -0.1) is 0 Å². The van der Waals surface area contributed by atoms with Crippen molar-refractivity contribution >= 4 is 36.8 Å². The number of pyridine rings is 1. The molecule has 0 atom stereocenters. The van der Waals surface area contributed by atoms with Crippen molar-refractivity contribution in [3.63, 3.8) is 0 Å². The first-order chi connectivity index (χ1) is 16.9. The molecule has 9 nitrogen and oxygen atoms in total. The van der Waals surface area contributed by atoms with Gasteiger partial charge in [0.25, 0.3) is 5.91 Å². The van der Waals surface area contributed by atoms with Gasteiger partial charge in [0.1, 0.15) is 18.0 Å². The van der Waals surface area contributed by atoms with Crippen LogP contribution >= 0.6 is 0 Å². The first kappa shape index (κ1) is 28.0. The molecule has 200 valence electrons. The highest BCUT2D eigenvalue weighted by Crippen LogP contribution is 2.25. The van der Waals surface area contributed by atoms with Gasteiger partial charge >= 0.3 is 6.09 Å². The fourth-order valence-corrected chi connectivity index (χ4v) is 4.85. The second kappa shape index (κ2) is 11.6. The highest BCUT2D eigenvalue weighted by molar-refractivity contribution is 6.76. The van der Waals surface area contributed by atoms with Crippen LogP contribution in [0.1, 0.15) is 50.9 Å². The summed E-state index contributed by atoms with van der Waals surface area (Å²) in [5.41, 5.74) is 1.69. The van der Waals surface area contributed by atoms with Crippen LogP contribution in [0.3, 0.4) is 0 Å². The Labute approximate surface area is 215 Å². The maximum Gasteiger partial charge on any atom is 0.410 e. The molecule has 3 rings (SSSR count). The van der Waals surface area contributed by atoms with Crippen molar-refractivity contribution in [2.45, 2.75) is 84.6 Å². The molecule has 2 amide bonds. The van der Waals surface area contributed by atoms with Crippen LogP contribution in [0.25, 0.3) is 11.0 Å². The van der Waals surface area contributed by atoms with Crippen LogP contribution in [-0.2, 0) is 16.2 Å². The maximum atomic E-state index is 12.8. The van der Waals surface area contributed by atoms with Crippen molar-refractivity contribution in [2.24, 2.45) is 0 Å². The fourth-order valence-electron chi connectivity index (χ4n) is 4.10. The van der Waals surface area contributed by atoms with E-state index in [2.05, 4.69) is 35.3 Å². The van der Waals surface area contributed by atoms with E-state index in [1.165, 1.54) is 0 Å². The Kier molecular flexibility index (Phi) is 9.05. The number of aromatic nitrogens is 2. The molecular formula is C26H43N5O4Si. The van der Waals surface area contributed by atoms with Gasteiger partial charge in [0, 0.05) is 51.9 Å². The Bertz CT molecular complexity index is 1050. The summed E-state index contributed by atoms with van der Waals surface area (Å²) in [6.07, 6.45) is 5.01. The second-order valence-corrected chi connectivity index (χ2v) is 17.3. The number of carbonyl (C=O) groups is 2. The third-order valence-corrected chi connectivity index (χ3v) is 7.74. The zero-order chi connectivity index (χ0) is 26.5. The molecule has 2 aromatic heterocycles. The molecule has 1 saturated heterocycles. The number of rotatable bonds is 9. The minimum absolute atomic E-state index is 0.118. The van der Waals surface area contributed by atoms with Gasteiger partial charge in [-0.25, -0.2) is 9.78 Å². The molecule has 1 aliphatic heterocycles. The maximum absolute atomic E-state index is 12.8. The first-order valence-corrected chi connectivity index (χ1v) is 16.7. The summed E-state index contributed by atoms with van der Waals surface area (Å²) in [7, 11) is -1.17. The lowest BCUT2D eigenvalue weighted by Crippen LogP contribution is -2.44. The molecule has 2 aromatic rings. The van der Waals surface area contributed by atoms with Crippen molar-refractivity contribution in [3.8, 4) is 0 Å². The van der Waals surface area contributed by atoms with Crippen molar-refractivity contribution in [2.75, 3.05) is 31.6 Å². The summed E-state index contributed by atoms with van der Waals surface area (Å²) in [6.45, 7) is 17.4. The molecule has 3 heterocycles. The zero-order valence-corrected chi connectivity index (χ0v) is 23.9. The van der Waals surface area contributed by atoms with E-state index < -0.39 is 13.7 Å². The van der Waals surface area contributed by atoms with Crippen LogP contribution < -0.4 is 10.6 Å². The fraction of sp³-hybridized carbons (Fsp3) is 0.654. The van der Waals surface area contributed by atoms with Gasteiger partial charge in [-0.1, -0.05) is 19.6 Å². The molecule has 0 aromatic carbocycles. The molecule has 2 N–H and O–H groups in total. The van der Waals surface area contributed by atoms with E-state index in [0.29, 0.717) is 38.5 Å². The lowest BCUT2D eigenvalue weighted by Gasteiger charge is -2.34. The van der Waals surface area contributed by atoms with Crippen LogP contribution in [-0.4, -0.2) is 72.4 Å². The van der Waals surface area contributed by atoms with Gasteiger partial charge in [-0.3, -0.25) is 4.79 Å². The van der Waals surface area contributed by atoms with Gasteiger partial charge in [0.15, 0.2) is 0 Å². The topological polar surface area (TPSA) is 97.7 Å². The molecule has 1 fully saturated rings. The third kappa shape index (κ3) is 7.96. The molecule has 0 unspecified atom stereocenters. The number of piperidine rings is 1. The number of amides is 2. The predicted octanol–water partition coefficient (Wildman–Crippen LogP) is 4.91. The Morgan fingerprint density at radius 1 is 1.19 bits per heavy atom. The van der Waals surface area contributed by atoms with Gasteiger partial charge in [0.2, 0.25) is 0 Å². The third-order valence-electron chi connectivity index (χ3n) is 6.04. The molecule has 0 saturated carbocycles. The molecule has 0 aliphatic carbocycles. The Balaban J connectivity index is 1.69. The summed E-state index contributed by atoms with van der Waals surface area (Å²) in [5, 5.41) is 7.25. The molecule has 0 bridgehead atoms. The summed E-state index contributed by atoms with van der Waals surface area (Å²) >= 11 is 0. The monoisotopic (exact) mass is 517 g/mol. The number of nitrogens with one attached hydrogen (secondary N) is 2. The molecular weight excluding hydrogens is 474 g/mol. The predicted molar refractivity (Wildman–Crippen MR) is 146 cm³/mol. The quantitative estimate of drug-likeness (QED) is 0.362. The number of hydrogen-bond donors (Lipinski definition) is 2. The van der Waals surface area contributed by atoms with E-state index in [1.807, 2.05) is 50.7 Å². The number of ether oxygens (including phenoxy) is 2. The van der Waals surface area contributed by atoms with E-state index in [4.69, 9.17) is 9.47 Å².